The van der Waals surface area contributed by atoms with Crippen molar-refractivity contribution in [1.82, 2.24) is 9.97 Å². The first-order valence-corrected chi connectivity index (χ1v) is 6.91. The Kier molecular flexibility index (Phi) is 2.49. The molecule has 1 aromatic carbocycles. The van der Waals surface area contributed by atoms with Crippen molar-refractivity contribution in [1.29, 1.82) is 0 Å². The number of rotatable bonds is 1. The minimum atomic E-state index is 0.665. The van der Waals surface area contributed by atoms with Gasteiger partial charge in [0.05, 0.1) is 0 Å². The number of fused-ring (bicyclic) bond motifs is 2. The van der Waals surface area contributed by atoms with Gasteiger partial charge in [0.25, 0.3) is 0 Å². The number of oxazole rings is 1. The third-order valence-electron chi connectivity index (χ3n) is 3.72. The van der Waals surface area contributed by atoms with Gasteiger partial charge >= 0.3 is 0 Å². The van der Waals surface area contributed by atoms with Gasteiger partial charge in [0, 0.05) is 23.5 Å². The van der Waals surface area contributed by atoms with E-state index < -0.39 is 0 Å². The van der Waals surface area contributed by atoms with Crippen LogP contribution in [0, 0.1) is 6.92 Å². The summed E-state index contributed by atoms with van der Waals surface area (Å²) < 4.78 is 5.87. The summed E-state index contributed by atoms with van der Waals surface area (Å²) in [5, 5.41) is 3.43. The van der Waals surface area contributed by atoms with Crippen LogP contribution in [-0.4, -0.2) is 16.5 Å². The summed E-state index contributed by atoms with van der Waals surface area (Å²) in [5.41, 5.74) is 5.94. The van der Waals surface area contributed by atoms with Gasteiger partial charge in [0.15, 0.2) is 11.2 Å². The van der Waals surface area contributed by atoms with Gasteiger partial charge in [-0.1, -0.05) is 6.07 Å². The van der Waals surface area contributed by atoms with Gasteiger partial charge in [-0.15, -0.1) is 0 Å². The van der Waals surface area contributed by atoms with Crippen LogP contribution in [-0.2, 0) is 6.42 Å². The first kappa shape index (κ1) is 11.5. The van der Waals surface area contributed by atoms with Crippen LogP contribution in [0.4, 0.5) is 5.69 Å². The van der Waals surface area contributed by atoms with Crippen LogP contribution in [0.1, 0.15) is 17.7 Å². The molecule has 100 valence electrons. The molecule has 4 heteroatoms. The van der Waals surface area contributed by atoms with Crippen molar-refractivity contribution in [3.63, 3.8) is 0 Å². The molecule has 0 saturated heterocycles. The highest BCUT2D eigenvalue weighted by Gasteiger charge is 2.17. The third-order valence-corrected chi connectivity index (χ3v) is 3.72. The van der Waals surface area contributed by atoms with Gasteiger partial charge in [0.1, 0.15) is 0 Å². The summed E-state index contributed by atoms with van der Waals surface area (Å²) in [7, 11) is 0. The van der Waals surface area contributed by atoms with Crippen molar-refractivity contribution >= 4 is 16.9 Å². The van der Waals surface area contributed by atoms with Crippen molar-refractivity contribution in [3.8, 4) is 11.5 Å². The summed E-state index contributed by atoms with van der Waals surface area (Å²) in [4.78, 5) is 8.96. The highest BCUT2D eigenvalue weighted by atomic mass is 16.3. The highest BCUT2D eigenvalue weighted by Crippen LogP contribution is 2.33. The number of aryl methyl sites for hydroxylation is 1. The predicted octanol–water partition coefficient (Wildman–Crippen LogP) is 3.56. The zero-order valence-electron chi connectivity index (χ0n) is 11.3. The molecule has 0 bridgehead atoms. The molecule has 0 radical (unpaired) electrons. The van der Waals surface area contributed by atoms with E-state index in [1.54, 1.807) is 0 Å². The summed E-state index contributed by atoms with van der Waals surface area (Å²) in [6.07, 6.45) is 2.20. The van der Waals surface area contributed by atoms with Crippen LogP contribution in [0.5, 0.6) is 0 Å². The smallest absolute Gasteiger partial charge is 0.229 e. The minimum absolute atomic E-state index is 0.665. The lowest BCUT2D eigenvalue weighted by Crippen LogP contribution is -2.12. The van der Waals surface area contributed by atoms with Crippen LogP contribution in [0.3, 0.4) is 0 Å². The van der Waals surface area contributed by atoms with Crippen LogP contribution < -0.4 is 5.32 Å². The molecular weight excluding hydrogens is 250 g/mol. The molecule has 1 N–H and O–H groups in total. The number of nitrogens with zero attached hydrogens (tertiary/aromatic N) is 2. The summed E-state index contributed by atoms with van der Waals surface area (Å²) in [6, 6.07) is 10.1. The number of benzene rings is 1. The number of aromatic nitrogens is 2. The molecule has 1 aliphatic heterocycles. The topological polar surface area (TPSA) is 51.0 Å². The van der Waals surface area contributed by atoms with E-state index in [0.29, 0.717) is 11.5 Å². The standard InChI is InChI=1S/C16H15N3O/c1-10-7-8-14-15(18-10)19-16(20-14)12-4-2-6-13-11(12)5-3-9-17-13/h2,4,6-8,17H,3,5,9H2,1H3. The average molecular weight is 265 g/mol. The fourth-order valence-electron chi connectivity index (χ4n) is 2.74. The second-order valence-corrected chi connectivity index (χ2v) is 5.16. The number of hydrogen-bond donors (Lipinski definition) is 1. The zero-order valence-corrected chi connectivity index (χ0v) is 11.3. The van der Waals surface area contributed by atoms with Crippen LogP contribution in [0.2, 0.25) is 0 Å². The quantitative estimate of drug-likeness (QED) is 0.731. The molecule has 0 spiro atoms. The lowest BCUT2D eigenvalue weighted by Gasteiger charge is -2.19. The molecule has 1 aliphatic rings. The Morgan fingerprint density at radius 2 is 2.10 bits per heavy atom. The molecule has 0 unspecified atom stereocenters. The van der Waals surface area contributed by atoms with E-state index >= 15 is 0 Å². The highest BCUT2D eigenvalue weighted by molar-refractivity contribution is 5.76. The van der Waals surface area contributed by atoms with E-state index in [4.69, 9.17) is 4.42 Å². The Hall–Kier alpha value is -2.36. The van der Waals surface area contributed by atoms with E-state index in [1.165, 1.54) is 11.3 Å². The molecule has 3 aromatic rings. The maximum absolute atomic E-state index is 5.87. The molecular formula is C16H15N3O. The summed E-state index contributed by atoms with van der Waals surface area (Å²) in [6.45, 7) is 2.99. The maximum Gasteiger partial charge on any atom is 0.229 e. The van der Waals surface area contributed by atoms with E-state index in [-0.39, 0.29) is 0 Å². The Morgan fingerprint density at radius 1 is 1.15 bits per heavy atom. The van der Waals surface area contributed by atoms with E-state index in [1.807, 2.05) is 25.1 Å². The Balaban J connectivity index is 1.90. The molecule has 20 heavy (non-hydrogen) atoms. The lowest BCUT2D eigenvalue weighted by molar-refractivity contribution is 0.618. The van der Waals surface area contributed by atoms with Crippen LogP contribution in [0.15, 0.2) is 34.7 Å². The van der Waals surface area contributed by atoms with Crippen molar-refractivity contribution in [2.75, 3.05) is 11.9 Å². The Labute approximate surface area is 116 Å². The monoisotopic (exact) mass is 265 g/mol. The number of pyridine rings is 1. The normalized spacial score (nSPS) is 14.1. The van der Waals surface area contributed by atoms with Gasteiger partial charge in [0.2, 0.25) is 5.89 Å². The fourth-order valence-corrected chi connectivity index (χ4v) is 2.74. The average Bonchev–Trinajstić information content (AvgIpc) is 2.89. The Morgan fingerprint density at radius 3 is 3.05 bits per heavy atom. The van der Waals surface area contributed by atoms with E-state index in [9.17, 15) is 0 Å². The first-order chi connectivity index (χ1) is 9.81. The molecule has 0 fully saturated rings. The van der Waals surface area contributed by atoms with Crippen LogP contribution >= 0.6 is 0 Å². The largest absolute Gasteiger partial charge is 0.434 e. The molecule has 0 saturated carbocycles. The van der Waals surface area contributed by atoms with Gasteiger partial charge in [-0.05, 0) is 49.6 Å². The molecule has 4 nitrogen and oxygen atoms in total. The first-order valence-electron chi connectivity index (χ1n) is 6.91. The molecule has 0 atom stereocenters. The van der Waals surface area contributed by atoms with E-state index in [2.05, 4.69) is 27.4 Å². The Bertz CT molecular complexity index is 792. The minimum Gasteiger partial charge on any atom is -0.434 e. The van der Waals surface area contributed by atoms with Crippen molar-refractivity contribution < 1.29 is 4.42 Å². The zero-order chi connectivity index (χ0) is 13.5. The number of hydrogen-bond acceptors (Lipinski definition) is 4. The SMILES string of the molecule is Cc1ccc2oc(-c3cccc4c3CCCN4)nc2n1. The van der Waals surface area contributed by atoms with Crippen molar-refractivity contribution in [2.24, 2.45) is 0 Å². The maximum atomic E-state index is 5.87. The summed E-state index contributed by atoms with van der Waals surface area (Å²) >= 11 is 0. The van der Waals surface area contributed by atoms with Gasteiger partial charge in [-0.3, -0.25) is 0 Å². The number of nitrogens with one attached hydrogen (secondary N) is 1. The fraction of sp³-hybridized carbons (Fsp3) is 0.250. The van der Waals surface area contributed by atoms with Crippen molar-refractivity contribution in [2.45, 2.75) is 19.8 Å². The molecule has 4 rings (SSSR count). The second kappa shape index (κ2) is 4.34. The molecule has 0 aliphatic carbocycles. The van der Waals surface area contributed by atoms with Crippen molar-refractivity contribution in [3.05, 3.63) is 41.6 Å². The molecule has 3 heterocycles. The summed E-state index contributed by atoms with van der Waals surface area (Å²) in [5.74, 6) is 0.665. The molecule has 2 aromatic heterocycles. The van der Waals surface area contributed by atoms with Gasteiger partial charge < -0.3 is 9.73 Å². The molecule has 0 amide bonds. The number of anilines is 1. The predicted molar refractivity (Wildman–Crippen MR) is 78.8 cm³/mol. The van der Waals surface area contributed by atoms with Gasteiger partial charge in [-0.25, -0.2) is 4.98 Å². The van der Waals surface area contributed by atoms with Gasteiger partial charge in [-0.2, -0.15) is 4.98 Å². The van der Waals surface area contributed by atoms with E-state index in [0.717, 1.165) is 36.2 Å². The third kappa shape index (κ3) is 1.76. The lowest BCUT2D eigenvalue weighted by atomic mass is 9.97. The van der Waals surface area contributed by atoms with Crippen LogP contribution in [0.25, 0.3) is 22.7 Å². The second-order valence-electron chi connectivity index (χ2n) is 5.16.